The molecule has 0 aliphatic carbocycles. The van der Waals surface area contributed by atoms with E-state index in [-0.39, 0.29) is 18.7 Å². The Kier molecular flexibility index (Phi) is 11.3. The first-order valence-corrected chi connectivity index (χ1v) is 10.5. The minimum Gasteiger partial charge on any atom is -0.481 e. The minimum absolute atomic E-state index is 0.0645. The normalized spacial score (nSPS) is 12.3. The smallest absolute Gasteiger partial charge is 0.326 e. The van der Waals surface area contributed by atoms with Gasteiger partial charge in [0.15, 0.2) is 0 Å². The maximum Gasteiger partial charge on any atom is 0.326 e. The highest BCUT2D eigenvalue weighted by atomic mass is 125. The molecule has 0 aliphatic rings. The summed E-state index contributed by atoms with van der Waals surface area (Å²) in [6.45, 7) is 0.319. The van der Waals surface area contributed by atoms with Crippen molar-refractivity contribution in [2.45, 2.75) is 44.2 Å². The third-order valence-electron chi connectivity index (χ3n) is 4.17. The molecule has 0 fully saturated rings. The first kappa shape index (κ1) is 26.1. The molecule has 0 unspecified atom stereocenters. The van der Waals surface area contributed by atoms with Crippen molar-refractivity contribution in [2.75, 3.05) is 6.54 Å². The zero-order chi connectivity index (χ0) is 23.4. The lowest BCUT2D eigenvalue weighted by atomic mass is 10.1. The van der Waals surface area contributed by atoms with E-state index < -0.39 is 42.4 Å². The zero-order valence-electron chi connectivity index (χ0n) is 16.5. The first-order chi connectivity index (χ1) is 14.6. The molecule has 0 bridgehead atoms. The van der Waals surface area contributed by atoms with Crippen molar-refractivity contribution in [1.82, 2.24) is 16.0 Å². The first-order valence-electron chi connectivity index (χ1n) is 9.38. The summed E-state index contributed by atoms with van der Waals surface area (Å²) in [5.74, 6) is -4.18. The van der Waals surface area contributed by atoms with Crippen LogP contribution in [0.5, 0.6) is 0 Å². The Hall–Kier alpha value is -2.90. The predicted molar refractivity (Wildman–Crippen MR) is 117 cm³/mol. The quantitative estimate of drug-likeness (QED) is 0.158. The number of carboxylic acid groups (broad SMARTS) is 3. The van der Waals surface area contributed by atoms with E-state index in [0.717, 1.165) is 3.57 Å². The van der Waals surface area contributed by atoms with Gasteiger partial charge in [-0.25, -0.2) is 14.4 Å². The molecule has 6 N–H and O–H groups in total. The molecule has 1 aromatic carbocycles. The summed E-state index contributed by atoms with van der Waals surface area (Å²) >= 11 is 2.13. The van der Waals surface area contributed by atoms with Crippen LogP contribution in [0, 0.1) is 3.57 Å². The summed E-state index contributed by atoms with van der Waals surface area (Å²) in [7, 11) is 0. The van der Waals surface area contributed by atoms with Crippen LogP contribution in [0.2, 0.25) is 0 Å². The summed E-state index contributed by atoms with van der Waals surface area (Å²) < 4.78 is 1.00. The lowest BCUT2D eigenvalue weighted by molar-refractivity contribution is -0.140. The zero-order valence-corrected chi connectivity index (χ0v) is 18.6. The molecule has 1 aromatic rings. The van der Waals surface area contributed by atoms with E-state index in [0.29, 0.717) is 24.9 Å². The number of hydrogen-bond acceptors (Lipinski definition) is 5. The number of nitrogens with one attached hydrogen (secondary N) is 3. The fourth-order valence-corrected chi connectivity index (χ4v) is 2.88. The SMILES string of the molecule is O=C(O)CC[C@H](NC(=O)N[C@@H](CCCCNC(=O)c1ccc([125I])cc1)C(=O)O)C(=O)O. The van der Waals surface area contributed by atoms with Crippen molar-refractivity contribution in [2.24, 2.45) is 0 Å². The van der Waals surface area contributed by atoms with Crippen LogP contribution in [0.25, 0.3) is 0 Å². The van der Waals surface area contributed by atoms with Gasteiger partial charge in [0.05, 0.1) is 0 Å². The molecule has 2 atom stereocenters. The Labute approximate surface area is 191 Å². The number of benzene rings is 1. The molecule has 170 valence electrons. The molecule has 0 spiro atoms. The number of rotatable bonds is 13. The Balaban J connectivity index is 2.41. The Bertz CT molecular complexity index is 800. The topological polar surface area (TPSA) is 182 Å². The van der Waals surface area contributed by atoms with Gasteiger partial charge in [-0.1, -0.05) is 0 Å². The molecule has 0 aromatic heterocycles. The van der Waals surface area contributed by atoms with E-state index in [1.807, 2.05) is 0 Å². The van der Waals surface area contributed by atoms with Gasteiger partial charge in [0.2, 0.25) is 0 Å². The van der Waals surface area contributed by atoms with Gasteiger partial charge >= 0.3 is 23.9 Å². The average Bonchev–Trinajstić information content (AvgIpc) is 2.69. The van der Waals surface area contributed by atoms with Gasteiger partial charge in [-0.3, -0.25) is 9.59 Å². The molecule has 1 rings (SSSR count). The van der Waals surface area contributed by atoms with E-state index in [1.54, 1.807) is 24.3 Å². The van der Waals surface area contributed by atoms with Gasteiger partial charge in [0.1, 0.15) is 12.1 Å². The number of unbranched alkanes of at least 4 members (excludes halogenated alkanes) is 1. The maximum absolute atomic E-state index is 12.0. The van der Waals surface area contributed by atoms with Crippen LogP contribution in [0.15, 0.2) is 24.3 Å². The van der Waals surface area contributed by atoms with Crippen LogP contribution in [0.3, 0.4) is 0 Å². The molecule has 11 nitrogen and oxygen atoms in total. The van der Waals surface area contributed by atoms with E-state index in [2.05, 4.69) is 38.5 Å². The molecule has 0 saturated heterocycles. The average molecular weight is 547 g/mol. The summed E-state index contributed by atoms with van der Waals surface area (Å²) in [5, 5.41) is 33.9. The Morgan fingerprint density at radius 2 is 1.39 bits per heavy atom. The van der Waals surface area contributed by atoms with Crippen molar-refractivity contribution < 1.29 is 39.3 Å². The highest BCUT2D eigenvalue weighted by Crippen LogP contribution is 2.07. The molecule has 31 heavy (non-hydrogen) atoms. The largest absolute Gasteiger partial charge is 0.481 e. The monoisotopic (exact) mass is 547 g/mol. The maximum atomic E-state index is 12.0. The molecule has 0 radical (unpaired) electrons. The van der Waals surface area contributed by atoms with E-state index in [4.69, 9.17) is 10.2 Å². The van der Waals surface area contributed by atoms with Crippen molar-refractivity contribution >= 4 is 52.4 Å². The van der Waals surface area contributed by atoms with Gasteiger partial charge < -0.3 is 31.3 Å². The number of halogens is 1. The number of aliphatic carboxylic acids is 3. The van der Waals surface area contributed by atoms with Crippen LogP contribution in [-0.2, 0) is 14.4 Å². The van der Waals surface area contributed by atoms with E-state index >= 15 is 0 Å². The van der Waals surface area contributed by atoms with Crippen LogP contribution in [-0.4, -0.2) is 63.8 Å². The van der Waals surface area contributed by atoms with Crippen molar-refractivity contribution in [3.8, 4) is 0 Å². The van der Waals surface area contributed by atoms with Crippen LogP contribution >= 0.6 is 22.6 Å². The van der Waals surface area contributed by atoms with Gasteiger partial charge in [-0.05, 0) is 72.5 Å². The van der Waals surface area contributed by atoms with Crippen LogP contribution < -0.4 is 16.0 Å². The number of carboxylic acids is 3. The molecule has 0 aliphatic heterocycles. The fraction of sp³-hybridized carbons (Fsp3) is 0.421. The van der Waals surface area contributed by atoms with Crippen molar-refractivity contribution in [3.05, 3.63) is 33.4 Å². The highest BCUT2D eigenvalue weighted by Gasteiger charge is 2.24. The number of carbonyl (C=O) groups excluding carboxylic acids is 2. The second-order valence-corrected chi connectivity index (χ2v) is 7.84. The third-order valence-corrected chi connectivity index (χ3v) is 4.88. The third kappa shape index (κ3) is 10.6. The summed E-state index contributed by atoms with van der Waals surface area (Å²) in [6, 6.07) is 3.27. The second-order valence-electron chi connectivity index (χ2n) is 6.59. The lowest BCUT2D eigenvalue weighted by Crippen LogP contribution is -2.51. The van der Waals surface area contributed by atoms with Gasteiger partial charge in [-0.2, -0.15) is 0 Å². The molecule has 12 heteroatoms. The van der Waals surface area contributed by atoms with Gasteiger partial charge in [0, 0.05) is 22.1 Å². The fourth-order valence-electron chi connectivity index (χ4n) is 2.52. The predicted octanol–water partition coefficient (Wildman–Crippen LogP) is 1.26. The summed E-state index contributed by atoms with van der Waals surface area (Å²) in [6.07, 6.45) is 0.115. The molecule has 3 amide bonds. The van der Waals surface area contributed by atoms with Crippen molar-refractivity contribution in [3.63, 3.8) is 0 Å². The number of urea groups is 1. The number of amides is 3. The van der Waals surface area contributed by atoms with E-state index in [9.17, 15) is 29.1 Å². The van der Waals surface area contributed by atoms with E-state index in [1.165, 1.54) is 0 Å². The molecule has 0 heterocycles. The summed E-state index contributed by atoms with van der Waals surface area (Å²) in [4.78, 5) is 56.9. The number of hydrogen-bond donors (Lipinski definition) is 6. The second kappa shape index (κ2) is 13.4. The highest BCUT2D eigenvalue weighted by molar-refractivity contribution is 14.1. The van der Waals surface area contributed by atoms with Gasteiger partial charge in [-0.15, -0.1) is 0 Å². The minimum atomic E-state index is -1.46. The Morgan fingerprint density at radius 3 is 1.90 bits per heavy atom. The van der Waals surface area contributed by atoms with Gasteiger partial charge in [0.25, 0.3) is 5.91 Å². The van der Waals surface area contributed by atoms with Crippen LogP contribution in [0.1, 0.15) is 42.5 Å². The summed E-state index contributed by atoms with van der Waals surface area (Å²) in [5.41, 5.74) is 0.512. The molecular weight excluding hydrogens is 523 g/mol. The standard InChI is InChI=1S/C19H24IN3O8/c20-12-6-4-11(5-7-12)16(26)21-10-2-1-3-13(17(27)28)22-19(31)23-14(18(29)30)8-9-15(24)25/h4-7,13-14H,1-3,8-10H2,(H,21,26)(H,24,25)(H,27,28)(H,29,30)(H2,22,23,31)/t13-,14-/m0/s1/i20-2. The Morgan fingerprint density at radius 1 is 0.839 bits per heavy atom. The molecular formula is C19H24IN3O8. The lowest BCUT2D eigenvalue weighted by Gasteiger charge is -2.18. The number of carbonyl (C=O) groups is 5. The van der Waals surface area contributed by atoms with Crippen molar-refractivity contribution in [1.29, 1.82) is 0 Å². The van der Waals surface area contributed by atoms with Crippen LogP contribution in [0.4, 0.5) is 4.79 Å². The molecule has 0 saturated carbocycles.